The molecule has 1 aliphatic heterocycles. The van der Waals surface area contributed by atoms with E-state index < -0.39 is 11.7 Å². The van der Waals surface area contributed by atoms with Crippen molar-refractivity contribution in [2.24, 2.45) is 0 Å². The van der Waals surface area contributed by atoms with Crippen molar-refractivity contribution in [2.45, 2.75) is 6.92 Å². The third-order valence-corrected chi connectivity index (χ3v) is 4.81. The zero-order valence-electron chi connectivity index (χ0n) is 15.0. The fourth-order valence-corrected chi connectivity index (χ4v) is 3.12. The highest BCUT2D eigenvalue weighted by Crippen LogP contribution is 2.30. The van der Waals surface area contributed by atoms with Crippen molar-refractivity contribution in [3.05, 3.63) is 58.6 Å². The van der Waals surface area contributed by atoms with Crippen molar-refractivity contribution >= 4 is 34.7 Å². The standard InChI is InChI=1S/C20H22ClN3O2/c1-14-3-5-15(6-4-14)19(25)20(26)22-17-13-16(21)7-8-18(17)24-11-9-23(2)10-12-24/h3-8,13H,9-12H2,1-2H3,(H,22,26). The number of carbonyl (C=O) groups is 2. The Kier molecular flexibility index (Phi) is 5.59. The van der Waals surface area contributed by atoms with Gasteiger partial charge in [-0.25, -0.2) is 0 Å². The van der Waals surface area contributed by atoms with Crippen molar-refractivity contribution in [1.29, 1.82) is 0 Å². The maximum atomic E-state index is 12.5. The van der Waals surface area contributed by atoms with E-state index in [2.05, 4.69) is 22.2 Å². The summed E-state index contributed by atoms with van der Waals surface area (Å²) in [6.07, 6.45) is 0. The number of rotatable bonds is 4. The summed E-state index contributed by atoms with van der Waals surface area (Å²) in [6, 6.07) is 12.3. The van der Waals surface area contributed by atoms with Crippen molar-refractivity contribution in [1.82, 2.24) is 4.90 Å². The van der Waals surface area contributed by atoms with Gasteiger partial charge >= 0.3 is 0 Å². The number of nitrogens with one attached hydrogen (secondary N) is 1. The molecule has 2 aromatic carbocycles. The van der Waals surface area contributed by atoms with Crippen LogP contribution in [0, 0.1) is 6.92 Å². The molecule has 2 aromatic rings. The number of aryl methyl sites for hydroxylation is 1. The van der Waals surface area contributed by atoms with Crippen LogP contribution in [0.1, 0.15) is 15.9 Å². The summed E-state index contributed by atoms with van der Waals surface area (Å²) >= 11 is 6.11. The molecular formula is C20H22ClN3O2. The smallest absolute Gasteiger partial charge is 0.296 e. The average Bonchev–Trinajstić information content (AvgIpc) is 2.63. The number of nitrogens with zero attached hydrogens (tertiary/aromatic N) is 2. The molecule has 0 bridgehead atoms. The fourth-order valence-electron chi connectivity index (χ4n) is 2.95. The molecule has 0 unspecified atom stereocenters. The fraction of sp³-hybridized carbons (Fsp3) is 0.300. The molecule has 1 amide bonds. The normalized spacial score (nSPS) is 15.0. The predicted octanol–water partition coefficient (Wildman–Crippen LogP) is 3.22. The van der Waals surface area contributed by atoms with E-state index in [4.69, 9.17) is 11.6 Å². The number of hydrogen-bond donors (Lipinski definition) is 1. The quantitative estimate of drug-likeness (QED) is 0.662. The first kappa shape index (κ1) is 18.4. The summed E-state index contributed by atoms with van der Waals surface area (Å²) in [5, 5.41) is 3.26. The topological polar surface area (TPSA) is 52.7 Å². The highest BCUT2D eigenvalue weighted by molar-refractivity contribution is 6.46. The van der Waals surface area contributed by atoms with Crippen molar-refractivity contribution in [2.75, 3.05) is 43.4 Å². The first-order valence-electron chi connectivity index (χ1n) is 8.59. The zero-order valence-corrected chi connectivity index (χ0v) is 15.7. The Morgan fingerprint density at radius 2 is 1.65 bits per heavy atom. The number of anilines is 2. The molecule has 1 saturated heterocycles. The molecular weight excluding hydrogens is 350 g/mol. The van der Waals surface area contributed by atoms with E-state index in [9.17, 15) is 9.59 Å². The van der Waals surface area contributed by atoms with Crippen molar-refractivity contribution in [3.8, 4) is 0 Å². The zero-order chi connectivity index (χ0) is 18.7. The minimum absolute atomic E-state index is 0.372. The van der Waals surface area contributed by atoms with Crippen LogP contribution in [0.2, 0.25) is 5.02 Å². The molecule has 0 saturated carbocycles. The number of likely N-dealkylation sites (N-methyl/N-ethyl adjacent to an activating group) is 1. The second-order valence-electron chi connectivity index (χ2n) is 6.60. The monoisotopic (exact) mass is 371 g/mol. The molecule has 5 nitrogen and oxygen atoms in total. The molecule has 0 atom stereocenters. The molecule has 0 aliphatic carbocycles. The molecule has 1 heterocycles. The Balaban J connectivity index is 1.80. The van der Waals surface area contributed by atoms with E-state index in [1.54, 1.807) is 24.3 Å². The third kappa shape index (κ3) is 4.23. The highest BCUT2D eigenvalue weighted by Gasteiger charge is 2.21. The average molecular weight is 372 g/mol. The number of benzene rings is 2. The minimum Gasteiger partial charge on any atom is -0.367 e. The van der Waals surface area contributed by atoms with Gasteiger partial charge in [-0.3, -0.25) is 9.59 Å². The predicted molar refractivity (Wildman–Crippen MR) is 105 cm³/mol. The number of piperazine rings is 1. The van der Waals surface area contributed by atoms with Crippen LogP contribution in [0.3, 0.4) is 0 Å². The van der Waals surface area contributed by atoms with Gasteiger partial charge in [0.05, 0.1) is 11.4 Å². The van der Waals surface area contributed by atoms with Crippen LogP contribution in [0.15, 0.2) is 42.5 Å². The largest absolute Gasteiger partial charge is 0.367 e. The number of hydrogen-bond acceptors (Lipinski definition) is 4. The van der Waals surface area contributed by atoms with E-state index in [1.165, 1.54) is 0 Å². The molecule has 26 heavy (non-hydrogen) atoms. The minimum atomic E-state index is -0.661. The SMILES string of the molecule is Cc1ccc(C(=O)C(=O)Nc2cc(Cl)ccc2N2CCN(C)CC2)cc1. The second-order valence-corrected chi connectivity index (χ2v) is 7.04. The van der Waals surface area contributed by atoms with Crippen LogP contribution in [0.5, 0.6) is 0 Å². The maximum absolute atomic E-state index is 12.5. The van der Waals surface area contributed by atoms with Gasteiger partial charge in [-0.2, -0.15) is 0 Å². The van der Waals surface area contributed by atoms with Gasteiger partial charge < -0.3 is 15.1 Å². The van der Waals surface area contributed by atoms with Crippen LogP contribution in [0.25, 0.3) is 0 Å². The molecule has 6 heteroatoms. The van der Waals surface area contributed by atoms with Crippen LogP contribution in [-0.2, 0) is 4.79 Å². The first-order valence-corrected chi connectivity index (χ1v) is 8.97. The first-order chi connectivity index (χ1) is 12.4. The van der Waals surface area contributed by atoms with Gasteiger partial charge in [0.1, 0.15) is 0 Å². The van der Waals surface area contributed by atoms with E-state index >= 15 is 0 Å². The van der Waals surface area contributed by atoms with Crippen molar-refractivity contribution < 1.29 is 9.59 Å². The van der Waals surface area contributed by atoms with Gasteiger partial charge in [-0.1, -0.05) is 41.4 Å². The van der Waals surface area contributed by atoms with Crippen LogP contribution >= 0.6 is 11.6 Å². The molecule has 1 N–H and O–H groups in total. The van der Waals surface area contributed by atoms with Crippen molar-refractivity contribution in [3.63, 3.8) is 0 Å². The van der Waals surface area contributed by atoms with Gasteiger partial charge in [-0.05, 0) is 32.2 Å². The summed E-state index contributed by atoms with van der Waals surface area (Å²) < 4.78 is 0. The summed E-state index contributed by atoms with van der Waals surface area (Å²) in [4.78, 5) is 29.3. The van der Waals surface area contributed by atoms with Crippen LogP contribution in [-0.4, -0.2) is 49.8 Å². The summed E-state index contributed by atoms with van der Waals surface area (Å²) in [5.41, 5.74) is 2.85. The lowest BCUT2D eigenvalue weighted by atomic mass is 10.1. The Morgan fingerprint density at radius 1 is 1.00 bits per heavy atom. The Hall–Kier alpha value is -2.37. The lowest BCUT2D eigenvalue weighted by Crippen LogP contribution is -2.44. The number of halogens is 1. The van der Waals surface area contributed by atoms with Crippen LogP contribution < -0.4 is 10.2 Å². The molecule has 3 rings (SSSR count). The van der Waals surface area contributed by atoms with Gasteiger partial charge in [0.15, 0.2) is 0 Å². The Labute approximate surface area is 158 Å². The number of carbonyl (C=O) groups excluding carboxylic acids is 2. The summed E-state index contributed by atoms with van der Waals surface area (Å²) in [7, 11) is 2.09. The second kappa shape index (κ2) is 7.89. The molecule has 1 aliphatic rings. The summed E-state index contributed by atoms with van der Waals surface area (Å²) in [6.45, 7) is 5.53. The van der Waals surface area contributed by atoms with E-state index in [0.717, 1.165) is 37.4 Å². The van der Waals surface area contributed by atoms with Gasteiger partial charge in [0.2, 0.25) is 0 Å². The Morgan fingerprint density at radius 3 is 2.31 bits per heavy atom. The number of amides is 1. The number of Topliss-reactive ketones (excluding diaryl/α,β-unsaturated/α-hetero) is 1. The lowest BCUT2D eigenvalue weighted by Gasteiger charge is -2.35. The molecule has 136 valence electrons. The van der Waals surface area contributed by atoms with Gasteiger partial charge in [-0.15, -0.1) is 0 Å². The number of ketones is 1. The lowest BCUT2D eigenvalue weighted by molar-refractivity contribution is -0.112. The van der Waals surface area contributed by atoms with Gasteiger partial charge in [0, 0.05) is 36.8 Å². The highest BCUT2D eigenvalue weighted by atomic mass is 35.5. The van der Waals surface area contributed by atoms with Gasteiger partial charge in [0.25, 0.3) is 11.7 Å². The Bertz CT molecular complexity index is 812. The summed E-state index contributed by atoms with van der Waals surface area (Å²) in [5.74, 6) is -1.22. The molecule has 0 radical (unpaired) electrons. The molecule has 0 spiro atoms. The van der Waals surface area contributed by atoms with E-state index in [1.807, 2.05) is 25.1 Å². The molecule has 0 aromatic heterocycles. The third-order valence-electron chi connectivity index (χ3n) is 4.57. The van der Waals surface area contributed by atoms with E-state index in [0.29, 0.717) is 16.3 Å². The molecule has 1 fully saturated rings. The van der Waals surface area contributed by atoms with E-state index in [-0.39, 0.29) is 0 Å². The van der Waals surface area contributed by atoms with Crippen LogP contribution in [0.4, 0.5) is 11.4 Å². The maximum Gasteiger partial charge on any atom is 0.296 e.